The largest absolute Gasteiger partial charge is 0.436 e. The van der Waals surface area contributed by atoms with Crippen LogP contribution < -0.4 is 20.3 Å². The monoisotopic (exact) mass is 728 g/mol. The first-order chi connectivity index (χ1) is 24.9. The van der Waals surface area contributed by atoms with Gasteiger partial charge in [-0.25, -0.2) is 9.37 Å². The van der Waals surface area contributed by atoms with Gasteiger partial charge < -0.3 is 30.1 Å². The summed E-state index contributed by atoms with van der Waals surface area (Å²) in [5, 5.41) is 6.19. The van der Waals surface area contributed by atoms with E-state index in [0.29, 0.717) is 47.8 Å². The van der Waals surface area contributed by atoms with Gasteiger partial charge >= 0.3 is 0 Å². The number of aromatic nitrogens is 2. The van der Waals surface area contributed by atoms with Gasteiger partial charge in [-0.2, -0.15) is 4.98 Å². The second-order valence-electron chi connectivity index (χ2n) is 13.9. The molecule has 0 radical (unpaired) electrons. The Morgan fingerprint density at radius 1 is 0.981 bits per heavy atom. The number of piperazine rings is 2. The molecule has 2 aliphatic rings. The molecule has 0 bridgehead atoms. The molecule has 2 N–H and O–H groups in total. The lowest BCUT2D eigenvalue weighted by Crippen LogP contribution is -2.50. The van der Waals surface area contributed by atoms with E-state index in [1.165, 1.54) is 12.3 Å². The maximum Gasteiger partial charge on any atom is 0.262 e. The van der Waals surface area contributed by atoms with E-state index in [0.717, 1.165) is 43.9 Å². The van der Waals surface area contributed by atoms with Crippen molar-refractivity contribution in [3.8, 4) is 11.6 Å². The number of carbonyl (C=O) groups is 2. The maximum atomic E-state index is 15.4. The summed E-state index contributed by atoms with van der Waals surface area (Å²) < 4.78 is 21.6. The van der Waals surface area contributed by atoms with Crippen molar-refractivity contribution in [2.75, 3.05) is 68.4 Å². The Balaban J connectivity index is 1.25. The summed E-state index contributed by atoms with van der Waals surface area (Å²) in [4.78, 5) is 44.4. The van der Waals surface area contributed by atoms with Gasteiger partial charge in [-0.05, 0) is 89.2 Å². The molecule has 0 spiro atoms. The minimum absolute atomic E-state index is 0.0539. The van der Waals surface area contributed by atoms with Gasteiger partial charge in [0.2, 0.25) is 11.8 Å². The summed E-state index contributed by atoms with van der Waals surface area (Å²) >= 11 is 6.70. The number of amides is 2. The van der Waals surface area contributed by atoms with Crippen LogP contribution in [0.1, 0.15) is 52.6 Å². The van der Waals surface area contributed by atoms with Crippen molar-refractivity contribution in [1.29, 1.82) is 0 Å². The van der Waals surface area contributed by atoms with Gasteiger partial charge in [0.15, 0.2) is 0 Å². The molecule has 274 valence electrons. The Kier molecular flexibility index (Phi) is 11.3. The van der Waals surface area contributed by atoms with E-state index in [1.807, 2.05) is 41.8 Å². The van der Waals surface area contributed by atoms with E-state index in [-0.39, 0.29) is 39.9 Å². The lowest BCUT2D eigenvalue weighted by molar-refractivity contribution is 0.0595. The Labute approximate surface area is 309 Å². The molecule has 3 aromatic carbocycles. The standard InChI is InChI=1S/C39H46ClFN8O3/c1-24(2)47-16-18-48(19-17-47)38(51)28-10-13-34(31(40)20-28)52-37-30(36(50)44-35-25(3)8-7-9-26(35)4)22-42-39(45-37)43-29-11-12-33(32(41)21-29)49-15-14-46(6)27(5)23-49/h7-13,20-22,24,27H,14-19,23H2,1-6H3,(H,44,50)(H,42,43,45). The molecule has 1 unspecified atom stereocenters. The molecule has 4 aromatic rings. The summed E-state index contributed by atoms with van der Waals surface area (Å²) in [5.74, 6) is -0.756. The van der Waals surface area contributed by atoms with Crippen molar-refractivity contribution in [3.05, 3.63) is 93.9 Å². The Hall–Kier alpha value is -4.78. The van der Waals surface area contributed by atoms with E-state index in [4.69, 9.17) is 16.3 Å². The van der Waals surface area contributed by atoms with Crippen LogP contribution in [-0.2, 0) is 0 Å². The lowest BCUT2D eigenvalue weighted by atomic mass is 10.1. The number of ether oxygens (including phenoxy) is 1. The first kappa shape index (κ1) is 37.0. The highest BCUT2D eigenvalue weighted by atomic mass is 35.5. The lowest BCUT2D eigenvalue weighted by Gasteiger charge is -2.39. The van der Waals surface area contributed by atoms with Crippen LogP contribution >= 0.6 is 11.6 Å². The van der Waals surface area contributed by atoms with Gasteiger partial charge in [-0.15, -0.1) is 0 Å². The van der Waals surface area contributed by atoms with Gasteiger partial charge in [-0.1, -0.05) is 29.8 Å². The molecule has 1 aromatic heterocycles. The fourth-order valence-corrected chi connectivity index (χ4v) is 6.75. The van der Waals surface area contributed by atoms with Crippen molar-refractivity contribution in [2.24, 2.45) is 0 Å². The highest BCUT2D eigenvalue weighted by Crippen LogP contribution is 2.33. The Bertz CT molecular complexity index is 1930. The molecule has 11 nitrogen and oxygen atoms in total. The molecule has 1 atom stereocenters. The molecule has 2 aliphatic heterocycles. The molecule has 2 saturated heterocycles. The van der Waals surface area contributed by atoms with Crippen LogP contribution in [0.25, 0.3) is 0 Å². The molecule has 52 heavy (non-hydrogen) atoms. The van der Waals surface area contributed by atoms with Crippen LogP contribution in [0.5, 0.6) is 11.6 Å². The smallest absolute Gasteiger partial charge is 0.262 e. The van der Waals surface area contributed by atoms with Crippen LogP contribution in [0.3, 0.4) is 0 Å². The normalized spacial score (nSPS) is 17.0. The minimum Gasteiger partial charge on any atom is -0.436 e. The zero-order valence-electron chi connectivity index (χ0n) is 30.5. The molecule has 2 amide bonds. The van der Waals surface area contributed by atoms with E-state index >= 15 is 4.39 Å². The predicted molar refractivity (Wildman–Crippen MR) is 204 cm³/mol. The van der Waals surface area contributed by atoms with Crippen molar-refractivity contribution in [1.82, 2.24) is 24.7 Å². The SMILES string of the molecule is Cc1cccc(C)c1NC(=O)c1cnc(Nc2ccc(N3CCN(C)C(C)C3)c(F)c2)nc1Oc1ccc(C(=O)N2CCN(C(C)C)CC2)cc1Cl. The summed E-state index contributed by atoms with van der Waals surface area (Å²) in [5.41, 5.74) is 3.89. The fraction of sp³-hybridized carbons (Fsp3) is 0.385. The second kappa shape index (κ2) is 15.9. The number of halogens is 2. The maximum absolute atomic E-state index is 15.4. The number of hydrogen-bond donors (Lipinski definition) is 2. The number of para-hydroxylation sites is 1. The number of aryl methyl sites for hydroxylation is 2. The number of nitrogens with one attached hydrogen (secondary N) is 2. The van der Waals surface area contributed by atoms with Crippen LogP contribution in [0.15, 0.2) is 60.8 Å². The molecule has 2 fully saturated rings. The van der Waals surface area contributed by atoms with Crippen LogP contribution in [0.4, 0.5) is 27.4 Å². The summed E-state index contributed by atoms with van der Waals surface area (Å²) in [6.45, 7) is 15.4. The average molecular weight is 729 g/mol. The first-order valence-corrected chi connectivity index (χ1v) is 18.0. The number of rotatable bonds is 9. The molecule has 3 heterocycles. The highest BCUT2D eigenvalue weighted by Gasteiger charge is 2.26. The molecule has 13 heteroatoms. The third-order valence-electron chi connectivity index (χ3n) is 9.94. The first-order valence-electron chi connectivity index (χ1n) is 17.6. The molecule has 0 saturated carbocycles. The van der Waals surface area contributed by atoms with Crippen molar-refractivity contribution in [3.63, 3.8) is 0 Å². The van der Waals surface area contributed by atoms with Gasteiger partial charge in [0.1, 0.15) is 17.1 Å². The predicted octanol–water partition coefficient (Wildman–Crippen LogP) is 6.98. The molecule has 6 rings (SSSR count). The summed E-state index contributed by atoms with van der Waals surface area (Å²) in [7, 11) is 2.07. The number of hydrogen-bond acceptors (Lipinski definition) is 9. The quantitative estimate of drug-likeness (QED) is 0.189. The van der Waals surface area contributed by atoms with E-state index in [9.17, 15) is 9.59 Å². The summed E-state index contributed by atoms with van der Waals surface area (Å²) in [6, 6.07) is 16.2. The third kappa shape index (κ3) is 8.30. The average Bonchev–Trinajstić information content (AvgIpc) is 3.12. The number of carbonyl (C=O) groups excluding carboxylic acids is 2. The zero-order valence-corrected chi connectivity index (χ0v) is 31.3. The van der Waals surface area contributed by atoms with Crippen molar-refractivity contribution >= 4 is 46.4 Å². The highest BCUT2D eigenvalue weighted by molar-refractivity contribution is 6.32. The fourth-order valence-electron chi connectivity index (χ4n) is 6.53. The van der Waals surface area contributed by atoms with Crippen LogP contribution in [0, 0.1) is 19.7 Å². The molecule has 0 aliphatic carbocycles. The Morgan fingerprint density at radius 3 is 2.37 bits per heavy atom. The van der Waals surface area contributed by atoms with Gasteiger partial charge in [0.25, 0.3) is 11.8 Å². The van der Waals surface area contributed by atoms with Gasteiger partial charge in [-0.3, -0.25) is 14.5 Å². The van der Waals surface area contributed by atoms with E-state index in [2.05, 4.69) is 58.2 Å². The Morgan fingerprint density at radius 2 is 1.71 bits per heavy atom. The number of benzene rings is 3. The van der Waals surface area contributed by atoms with E-state index < -0.39 is 5.91 Å². The number of nitrogens with zero attached hydrogens (tertiary/aromatic N) is 6. The third-order valence-corrected chi connectivity index (χ3v) is 10.2. The zero-order chi connectivity index (χ0) is 37.1. The number of anilines is 4. The van der Waals surface area contributed by atoms with Gasteiger partial charge in [0.05, 0.1) is 10.7 Å². The summed E-state index contributed by atoms with van der Waals surface area (Å²) in [6.07, 6.45) is 1.35. The van der Waals surface area contributed by atoms with Crippen molar-refractivity contribution in [2.45, 2.75) is 46.7 Å². The van der Waals surface area contributed by atoms with E-state index in [1.54, 1.807) is 30.3 Å². The van der Waals surface area contributed by atoms with Gasteiger partial charge in [0, 0.05) is 81.0 Å². The molecular formula is C39H46ClFN8O3. The number of likely N-dealkylation sites (N-methyl/N-ethyl adjacent to an activating group) is 1. The van der Waals surface area contributed by atoms with Crippen molar-refractivity contribution < 1.29 is 18.7 Å². The molecular weight excluding hydrogens is 683 g/mol. The van der Waals surface area contributed by atoms with Crippen LogP contribution in [0.2, 0.25) is 5.02 Å². The second-order valence-corrected chi connectivity index (χ2v) is 14.3. The van der Waals surface area contributed by atoms with Crippen LogP contribution in [-0.4, -0.2) is 101 Å². The topological polar surface area (TPSA) is 106 Å². The minimum atomic E-state index is -0.487.